The van der Waals surface area contributed by atoms with E-state index in [4.69, 9.17) is 64.5 Å². The minimum atomic E-state index is -6.42. The van der Waals surface area contributed by atoms with Crippen molar-refractivity contribution in [3.8, 4) is 0 Å². The Labute approximate surface area is 528 Å². The lowest BCUT2D eigenvalue weighted by Gasteiger charge is -2.27. The molecule has 4 aliphatic rings. The number of aryl methyl sites for hydroxylation is 1. The monoisotopic (exact) mass is 1460 g/mol. The van der Waals surface area contributed by atoms with Crippen molar-refractivity contribution in [1.29, 1.82) is 0 Å². The number of aromatic nitrogens is 16. The number of halogens is 2. The molecule has 522 valence electrons. The van der Waals surface area contributed by atoms with E-state index in [1.54, 1.807) is 0 Å². The number of phosphoric acid groups is 5. The second-order valence-corrected chi connectivity index (χ2v) is 28.5. The smallest absolute Gasteiger partial charge is 0.487 e. The first kappa shape index (κ1) is 69.1. The van der Waals surface area contributed by atoms with Gasteiger partial charge in [-0.25, -0.2) is 70.8 Å². The number of aliphatic hydroxyl groups excluding tert-OH is 4. The molecule has 4 fully saturated rings. The number of nitrogen functional groups attached to an aromatic ring is 4. The average molecular weight is 1460 g/mol. The number of H-pyrrole nitrogens is 2. The summed E-state index contributed by atoms with van der Waals surface area (Å²) in [5, 5.41) is 43.4. The summed E-state index contributed by atoms with van der Waals surface area (Å²) < 4.78 is 167. The molecule has 96 heavy (non-hydrogen) atoms. The topological polar surface area (TPSA) is 690 Å². The van der Waals surface area contributed by atoms with Crippen LogP contribution >= 0.6 is 39.1 Å². The lowest BCUT2D eigenvalue weighted by atomic mass is 10.1. The van der Waals surface area contributed by atoms with Crippen molar-refractivity contribution in [2.45, 2.75) is 98.3 Å². The summed E-state index contributed by atoms with van der Waals surface area (Å²) in [6.07, 6.45) is -27.2. The fourth-order valence-electron chi connectivity index (χ4n) is 10.6. The number of hydrogen-bond donors (Lipinski definition) is 14. The van der Waals surface area contributed by atoms with Crippen LogP contribution in [0.25, 0.3) is 44.7 Å². The van der Waals surface area contributed by atoms with E-state index in [2.05, 4.69) is 68.0 Å². The van der Waals surface area contributed by atoms with Gasteiger partial charge in [0, 0.05) is 0 Å². The zero-order chi connectivity index (χ0) is 69.0. The lowest BCUT2D eigenvalue weighted by Crippen LogP contribution is -2.36. The molecule has 48 nitrogen and oxygen atoms in total. The van der Waals surface area contributed by atoms with Gasteiger partial charge in [0.2, 0.25) is 24.5 Å². The van der Waals surface area contributed by atoms with Gasteiger partial charge >= 0.3 is 36.9 Å². The first-order chi connectivity index (χ1) is 45.1. The van der Waals surface area contributed by atoms with Gasteiger partial charge in [-0.05, 0) is 0 Å². The molecule has 4 aliphatic heterocycles. The highest BCUT2D eigenvalue weighted by Crippen LogP contribution is 2.67. The SMILES string of the molecule is C[n+]1cn([C@@H]2O[C@H](COP(=O)([O-])OP(=O)(O)OP(=O)(O)OC[C@H]3O[C@@H](n4cnc5c(N)ncnc54)[C@@H](F)C3OP(=O)(O)OC[C@H]3O[C@@H](n4cnc5c(N)ncnc54)[C@@H](F)C3OP(=O)(O)OC[C@H]3O[C@@H](n4cnc5c(=O)[nH]c(N)nc54)[C@@H](O)C3O)[C@H](O)C2O)c2nc(N)[nH]c(=O)c21. The minimum absolute atomic E-state index is 0.0747. The molecule has 12 heterocycles. The first-order valence-corrected chi connectivity index (χ1v) is 34.5. The van der Waals surface area contributed by atoms with Crippen LogP contribution in [0.15, 0.2) is 47.6 Å². The summed E-state index contributed by atoms with van der Waals surface area (Å²) in [6.45, 7) is -5.38. The van der Waals surface area contributed by atoms with E-state index >= 15 is 8.78 Å². The molecule has 8 aromatic rings. The Morgan fingerprint density at radius 3 is 1.46 bits per heavy atom. The summed E-state index contributed by atoms with van der Waals surface area (Å²) in [4.78, 5) is 121. The number of ether oxygens (including phenoxy) is 4. The molecule has 0 aromatic carbocycles. The third kappa shape index (κ3) is 13.6. The van der Waals surface area contributed by atoms with Gasteiger partial charge in [-0.3, -0.25) is 60.4 Å². The van der Waals surface area contributed by atoms with Gasteiger partial charge in [0.1, 0.15) is 84.7 Å². The summed E-state index contributed by atoms with van der Waals surface area (Å²) in [6, 6.07) is 0. The van der Waals surface area contributed by atoms with Gasteiger partial charge in [-0.2, -0.15) is 18.8 Å². The number of nitrogens with one attached hydrogen (secondary N) is 2. The van der Waals surface area contributed by atoms with Crippen molar-refractivity contribution in [1.82, 2.24) is 73.1 Å². The number of hydrogen-bond acceptors (Lipinski definition) is 37. The van der Waals surface area contributed by atoms with E-state index in [0.29, 0.717) is 0 Å². The highest BCUT2D eigenvalue weighted by Gasteiger charge is 2.56. The summed E-state index contributed by atoms with van der Waals surface area (Å²) in [5.74, 6) is -1.17. The Morgan fingerprint density at radius 2 is 0.948 bits per heavy atom. The van der Waals surface area contributed by atoms with Crippen molar-refractivity contribution in [3.05, 3.63) is 58.7 Å². The van der Waals surface area contributed by atoms with E-state index in [1.165, 1.54) is 17.9 Å². The number of anilines is 4. The first-order valence-electron chi connectivity index (χ1n) is 27.1. The lowest BCUT2D eigenvalue weighted by molar-refractivity contribution is -0.646. The van der Waals surface area contributed by atoms with Crippen molar-refractivity contribution in [2.24, 2.45) is 7.05 Å². The molecule has 9 unspecified atom stereocenters. The molecular weight excluding hydrogens is 1410 g/mol. The number of aliphatic hydroxyl groups is 4. The molecular formula is C41H51F2N20O28P5. The number of aromatic amines is 2. The largest absolute Gasteiger partial charge is 0.756 e. The number of alkyl halides is 2. The second-order valence-electron chi connectivity index (χ2n) is 21.1. The second kappa shape index (κ2) is 25.8. The predicted molar refractivity (Wildman–Crippen MR) is 300 cm³/mol. The van der Waals surface area contributed by atoms with Gasteiger partial charge in [0.25, 0.3) is 24.5 Å². The number of imidazole rings is 4. The zero-order valence-corrected chi connectivity index (χ0v) is 52.3. The Morgan fingerprint density at radius 1 is 0.531 bits per heavy atom. The molecule has 0 bridgehead atoms. The molecule has 0 aliphatic carbocycles. The van der Waals surface area contributed by atoms with Crippen LogP contribution < -0.4 is 43.5 Å². The number of nitrogens with zero attached hydrogens (tertiary/aromatic N) is 14. The van der Waals surface area contributed by atoms with E-state index < -0.39 is 175 Å². The Kier molecular flexibility index (Phi) is 18.6. The quantitative estimate of drug-likeness (QED) is 0.0199. The van der Waals surface area contributed by atoms with Gasteiger partial charge < -0.3 is 91.3 Å². The Hall–Kier alpha value is -6.83. The Bertz CT molecular complexity index is 4680. The van der Waals surface area contributed by atoms with Crippen LogP contribution in [0.4, 0.5) is 32.3 Å². The highest BCUT2D eigenvalue weighted by atomic mass is 31.3. The van der Waals surface area contributed by atoms with E-state index in [9.17, 15) is 77.3 Å². The van der Waals surface area contributed by atoms with Crippen molar-refractivity contribution in [3.63, 3.8) is 0 Å². The van der Waals surface area contributed by atoms with Gasteiger partial charge in [-0.15, -0.1) is 0 Å². The number of rotatable bonds is 24. The van der Waals surface area contributed by atoms with Gasteiger partial charge in [-0.1, -0.05) is 0 Å². The van der Waals surface area contributed by atoms with Crippen LogP contribution in [0, 0.1) is 0 Å². The van der Waals surface area contributed by atoms with Gasteiger partial charge in [0.05, 0.1) is 52.5 Å². The highest BCUT2D eigenvalue weighted by molar-refractivity contribution is 7.66. The normalized spacial score (nSPS) is 31.1. The van der Waals surface area contributed by atoms with Crippen LogP contribution in [-0.4, -0.2) is 213 Å². The number of fused-ring (bicyclic) bond motifs is 4. The van der Waals surface area contributed by atoms with Crippen LogP contribution in [0.2, 0.25) is 0 Å². The summed E-state index contributed by atoms with van der Waals surface area (Å²) in [7, 11) is -29.1. The molecule has 0 spiro atoms. The molecule has 0 amide bonds. The zero-order valence-electron chi connectivity index (χ0n) is 47.8. The van der Waals surface area contributed by atoms with Crippen molar-refractivity contribution < 1.29 is 136 Å². The minimum Gasteiger partial charge on any atom is -0.756 e. The third-order valence-corrected chi connectivity index (χ3v) is 21.0. The molecule has 12 rings (SSSR count). The van der Waals surface area contributed by atoms with E-state index in [-0.39, 0.29) is 68.2 Å². The summed E-state index contributed by atoms with van der Waals surface area (Å²) in [5.41, 5.74) is 20.2. The molecule has 21 atom stereocenters. The molecule has 8 aromatic heterocycles. The van der Waals surface area contributed by atoms with Crippen LogP contribution in [0.3, 0.4) is 0 Å². The van der Waals surface area contributed by atoms with Gasteiger partial charge in [0.15, 0.2) is 65.1 Å². The molecule has 18 N–H and O–H groups in total. The molecule has 55 heteroatoms. The molecule has 0 saturated carbocycles. The van der Waals surface area contributed by atoms with E-state index in [0.717, 1.165) is 49.9 Å². The maximum Gasteiger partial charge on any atom is 0.487 e. The average Bonchev–Trinajstić information content (AvgIpc) is 1.63. The standard InChI is InChI=1S/C41H51F2N20O28P5/c1-59-11-63(33-21(59)35(69)58-41(47)56-33)39-25(67)23(65)13(85-39)3-82-94(74,75)90-96(78,79)91-95(76,77)83-5-15-27(17(43)37(87-15)61-9-53-19-29(45)49-7-51-31(19)61)89-93(72,73)81-4-14-26(16(42)36(86-14)60-8-52-18-28(44)48-6-50-30(18)60)88-92(70,71)80-2-12-22(64)24(66)38(84-12)62-10-54-20-32(62)55-40(46)57-34(20)68/h6-17,22-27,36-39,64-67H,2-5H2,1H3,(H14-,44,45,46,47,48,49,50,51,55,56,57,58,68,69,70,71,72,73,74,75,76,77,78,79)/t12-,13-,14-,15-,16+,17+,22?,23+,24+,25?,26?,27?,36-,37-,38-,39-/m1/s1. The fourth-order valence-corrected chi connectivity index (χ4v) is 16.0. The molecule has 4 saturated heterocycles. The van der Waals surface area contributed by atoms with Crippen LogP contribution in [0.5, 0.6) is 0 Å². The maximum atomic E-state index is 17.0. The van der Waals surface area contributed by atoms with Crippen molar-refractivity contribution >= 4 is 107 Å². The number of phosphoric ester groups is 4. The van der Waals surface area contributed by atoms with Crippen LogP contribution in [0.1, 0.15) is 24.9 Å². The number of nitrogens with two attached hydrogens (primary N) is 4. The summed E-state index contributed by atoms with van der Waals surface area (Å²) >= 11 is 0. The van der Waals surface area contributed by atoms with Crippen LogP contribution in [-0.2, 0) is 84.6 Å². The van der Waals surface area contributed by atoms with E-state index in [1.807, 2.05) is 0 Å². The molecule has 0 radical (unpaired) electrons. The predicted octanol–water partition coefficient (Wildman–Crippen LogP) is -4.86. The van der Waals surface area contributed by atoms with Crippen molar-refractivity contribution in [2.75, 3.05) is 49.4 Å². The maximum absolute atomic E-state index is 17.0. The third-order valence-electron chi connectivity index (χ3n) is 14.8. The fraction of sp³-hybridized carbons (Fsp3) is 0.512. The Balaban J connectivity index is 0.726.